The van der Waals surface area contributed by atoms with Crippen molar-refractivity contribution in [2.24, 2.45) is 0 Å². The van der Waals surface area contributed by atoms with Crippen LogP contribution in [0.4, 0.5) is 10.5 Å². The molecule has 1 aromatic rings. The summed E-state index contributed by atoms with van der Waals surface area (Å²) in [6.07, 6.45) is -0.718. The molecule has 1 aromatic carbocycles. The second-order valence-corrected chi connectivity index (χ2v) is 4.85. The van der Waals surface area contributed by atoms with E-state index in [1.54, 1.807) is 20.8 Å². The van der Waals surface area contributed by atoms with Crippen molar-refractivity contribution >= 4 is 17.7 Å². The third-order valence-corrected chi connectivity index (χ3v) is 2.05. The van der Waals surface area contributed by atoms with Gasteiger partial charge < -0.3 is 14.6 Å². The second-order valence-electron chi connectivity index (χ2n) is 4.85. The highest BCUT2D eigenvalue weighted by Gasteiger charge is 2.18. The molecule has 0 atom stereocenters. The van der Waals surface area contributed by atoms with Gasteiger partial charge in [0.2, 0.25) is 0 Å². The van der Waals surface area contributed by atoms with Crippen molar-refractivity contribution in [1.29, 1.82) is 0 Å². The molecule has 0 saturated carbocycles. The molecule has 1 rings (SSSR count). The zero-order valence-electron chi connectivity index (χ0n) is 11.3. The highest BCUT2D eigenvalue weighted by Crippen LogP contribution is 2.25. The molecule has 104 valence electrons. The summed E-state index contributed by atoms with van der Waals surface area (Å²) in [6, 6.07) is 3.99. The van der Waals surface area contributed by atoms with Crippen LogP contribution in [0.15, 0.2) is 18.2 Å². The van der Waals surface area contributed by atoms with Crippen LogP contribution in [0.5, 0.6) is 5.75 Å². The largest absolute Gasteiger partial charge is 0.506 e. The number of phenols is 1. The number of nitrogens with one attached hydrogen (secondary N) is 1. The molecule has 6 nitrogen and oxygen atoms in total. The van der Waals surface area contributed by atoms with Crippen LogP contribution in [0.1, 0.15) is 31.1 Å². The van der Waals surface area contributed by atoms with Crippen molar-refractivity contribution in [3.05, 3.63) is 23.8 Å². The van der Waals surface area contributed by atoms with Gasteiger partial charge in [0.05, 0.1) is 18.4 Å². The first-order valence-corrected chi connectivity index (χ1v) is 5.64. The van der Waals surface area contributed by atoms with E-state index in [1.165, 1.54) is 25.3 Å². The third kappa shape index (κ3) is 4.50. The van der Waals surface area contributed by atoms with Gasteiger partial charge in [-0.05, 0) is 39.0 Å². The number of esters is 1. The fraction of sp³-hybridized carbons (Fsp3) is 0.385. The third-order valence-electron chi connectivity index (χ3n) is 2.05. The molecule has 0 aliphatic rings. The van der Waals surface area contributed by atoms with Gasteiger partial charge in [0.25, 0.3) is 0 Å². The Balaban J connectivity index is 2.88. The fourth-order valence-corrected chi connectivity index (χ4v) is 1.29. The topological polar surface area (TPSA) is 84.9 Å². The Bertz CT molecular complexity index is 490. The first kappa shape index (κ1) is 14.8. The van der Waals surface area contributed by atoms with E-state index >= 15 is 0 Å². The smallest absolute Gasteiger partial charge is 0.412 e. The molecule has 0 aromatic heterocycles. The zero-order valence-corrected chi connectivity index (χ0v) is 11.3. The van der Waals surface area contributed by atoms with Gasteiger partial charge in [-0.25, -0.2) is 9.59 Å². The molecule has 2 N–H and O–H groups in total. The lowest BCUT2D eigenvalue weighted by molar-refractivity contribution is 0.0596. The summed E-state index contributed by atoms with van der Waals surface area (Å²) in [5.41, 5.74) is -0.358. The number of ether oxygens (including phenoxy) is 2. The van der Waals surface area contributed by atoms with E-state index in [0.29, 0.717) is 0 Å². The SMILES string of the molecule is COC(=O)c1ccc(O)c(NC(=O)OC(C)(C)C)c1. The molecule has 0 saturated heterocycles. The number of amides is 1. The standard InChI is InChI=1S/C13H17NO5/c1-13(2,3)19-12(17)14-9-7-8(11(16)18-4)5-6-10(9)15/h5-7,15H,1-4H3,(H,14,17). The van der Waals surface area contributed by atoms with Crippen molar-refractivity contribution in [1.82, 2.24) is 0 Å². The summed E-state index contributed by atoms with van der Waals surface area (Å²) in [5.74, 6) is -0.731. The lowest BCUT2D eigenvalue weighted by Crippen LogP contribution is -2.27. The summed E-state index contributed by atoms with van der Waals surface area (Å²) in [7, 11) is 1.25. The van der Waals surface area contributed by atoms with Crippen molar-refractivity contribution in [3.8, 4) is 5.75 Å². The average Bonchev–Trinajstić information content (AvgIpc) is 2.28. The quantitative estimate of drug-likeness (QED) is 0.635. The maximum absolute atomic E-state index is 11.6. The fourth-order valence-electron chi connectivity index (χ4n) is 1.29. The Hall–Kier alpha value is -2.24. The molecule has 0 aliphatic heterocycles. The van der Waals surface area contributed by atoms with Gasteiger partial charge in [-0.15, -0.1) is 0 Å². The van der Waals surface area contributed by atoms with E-state index in [-0.39, 0.29) is 17.0 Å². The first-order chi connectivity index (χ1) is 8.73. The summed E-state index contributed by atoms with van der Waals surface area (Å²) in [4.78, 5) is 22.9. The Morgan fingerprint density at radius 3 is 2.42 bits per heavy atom. The van der Waals surface area contributed by atoms with Crippen LogP contribution in [0.2, 0.25) is 0 Å². The molecule has 0 heterocycles. The number of carbonyl (C=O) groups excluding carboxylic acids is 2. The predicted molar refractivity (Wildman–Crippen MR) is 69.3 cm³/mol. The van der Waals surface area contributed by atoms with Gasteiger partial charge in [0, 0.05) is 0 Å². The maximum Gasteiger partial charge on any atom is 0.412 e. The van der Waals surface area contributed by atoms with Gasteiger partial charge >= 0.3 is 12.1 Å². The number of aromatic hydroxyl groups is 1. The summed E-state index contributed by atoms with van der Waals surface area (Å²) in [5, 5.41) is 12.0. The van der Waals surface area contributed by atoms with Crippen molar-refractivity contribution in [2.45, 2.75) is 26.4 Å². The van der Waals surface area contributed by atoms with Gasteiger partial charge in [-0.1, -0.05) is 0 Å². The molecule has 0 fully saturated rings. The van der Waals surface area contributed by atoms with Crippen LogP contribution in [-0.4, -0.2) is 29.9 Å². The van der Waals surface area contributed by atoms with Gasteiger partial charge in [0.1, 0.15) is 11.4 Å². The maximum atomic E-state index is 11.6. The number of rotatable bonds is 2. The number of hydrogen-bond acceptors (Lipinski definition) is 5. The van der Waals surface area contributed by atoms with Crippen LogP contribution in [0.25, 0.3) is 0 Å². The molecule has 0 radical (unpaired) electrons. The van der Waals surface area contributed by atoms with Gasteiger partial charge in [-0.2, -0.15) is 0 Å². The van der Waals surface area contributed by atoms with E-state index in [4.69, 9.17) is 4.74 Å². The molecule has 0 aliphatic carbocycles. The van der Waals surface area contributed by atoms with Crippen LogP contribution in [0.3, 0.4) is 0 Å². The Morgan fingerprint density at radius 1 is 1.26 bits per heavy atom. The summed E-state index contributed by atoms with van der Waals surface area (Å²) in [6.45, 7) is 5.16. The lowest BCUT2D eigenvalue weighted by atomic mass is 10.2. The highest BCUT2D eigenvalue weighted by atomic mass is 16.6. The Kier molecular flexibility index (Phi) is 4.37. The molecular formula is C13H17NO5. The van der Waals surface area contributed by atoms with Crippen LogP contribution in [-0.2, 0) is 9.47 Å². The summed E-state index contributed by atoms with van der Waals surface area (Å²) < 4.78 is 9.60. The molecule has 1 amide bonds. The first-order valence-electron chi connectivity index (χ1n) is 5.64. The second kappa shape index (κ2) is 5.60. The minimum Gasteiger partial charge on any atom is -0.506 e. The Labute approximate surface area is 111 Å². The number of benzene rings is 1. The molecule has 0 bridgehead atoms. The van der Waals surface area contributed by atoms with E-state index < -0.39 is 17.7 Å². The lowest BCUT2D eigenvalue weighted by Gasteiger charge is -2.20. The van der Waals surface area contributed by atoms with Crippen LogP contribution in [0, 0.1) is 0 Å². The Morgan fingerprint density at radius 2 is 1.89 bits per heavy atom. The zero-order chi connectivity index (χ0) is 14.6. The minimum absolute atomic E-state index is 0.0807. The number of methoxy groups -OCH3 is 1. The van der Waals surface area contributed by atoms with Crippen molar-refractivity contribution in [3.63, 3.8) is 0 Å². The predicted octanol–water partition coefficient (Wildman–Crippen LogP) is 2.53. The molecule has 0 unspecified atom stereocenters. The van der Waals surface area contributed by atoms with E-state index in [0.717, 1.165) is 0 Å². The van der Waals surface area contributed by atoms with Crippen LogP contribution >= 0.6 is 0 Å². The average molecular weight is 267 g/mol. The van der Waals surface area contributed by atoms with Crippen LogP contribution < -0.4 is 5.32 Å². The van der Waals surface area contributed by atoms with Gasteiger partial charge in [0.15, 0.2) is 0 Å². The summed E-state index contributed by atoms with van der Waals surface area (Å²) >= 11 is 0. The highest BCUT2D eigenvalue weighted by molar-refractivity contribution is 5.93. The van der Waals surface area contributed by atoms with E-state index in [2.05, 4.69) is 10.1 Å². The normalized spacial score (nSPS) is 10.7. The minimum atomic E-state index is -0.718. The number of carbonyl (C=O) groups is 2. The molecule has 6 heteroatoms. The number of hydrogen-bond donors (Lipinski definition) is 2. The number of anilines is 1. The monoisotopic (exact) mass is 267 g/mol. The van der Waals surface area contributed by atoms with Crippen molar-refractivity contribution in [2.75, 3.05) is 12.4 Å². The van der Waals surface area contributed by atoms with E-state index in [1.807, 2.05) is 0 Å². The van der Waals surface area contributed by atoms with Gasteiger partial charge in [-0.3, -0.25) is 5.32 Å². The van der Waals surface area contributed by atoms with E-state index in [9.17, 15) is 14.7 Å². The molecule has 0 spiro atoms. The number of phenolic OH excluding ortho intramolecular Hbond substituents is 1. The molecule has 19 heavy (non-hydrogen) atoms. The molecular weight excluding hydrogens is 250 g/mol. The van der Waals surface area contributed by atoms with Crippen molar-refractivity contribution < 1.29 is 24.2 Å².